The molecule has 218 valence electrons. The molecule has 1 N–H and O–H groups in total. The van der Waals surface area contributed by atoms with Gasteiger partial charge in [-0.15, -0.1) is 11.3 Å². The number of aliphatic hydroxyl groups excluding tert-OH is 1. The van der Waals surface area contributed by atoms with Crippen LogP contribution in [-0.4, -0.2) is 80.1 Å². The van der Waals surface area contributed by atoms with Crippen molar-refractivity contribution in [3.05, 3.63) is 51.7 Å². The Morgan fingerprint density at radius 2 is 1.88 bits per heavy atom. The minimum atomic E-state index is -0.368. The van der Waals surface area contributed by atoms with Gasteiger partial charge in [-0.1, -0.05) is 18.3 Å². The van der Waals surface area contributed by atoms with Crippen molar-refractivity contribution in [1.29, 1.82) is 5.26 Å². The molecule has 3 fully saturated rings. The summed E-state index contributed by atoms with van der Waals surface area (Å²) in [5.41, 5.74) is 2.33. The molecule has 1 amide bonds. The highest BCUT2D eigenvalue weighted by Crippen LogP contribution is 2.45. The molecular formula is C30H32FN7O2S2. The number of aromatic nitrogens is 3. The monoisotopic (exact) mass is 605 g/mol. The summed E-state index contributed by atoms with van der Waals surface area (Å²) in [7, 11) is 0. The lowest BCUT2D eigenvalue weighted by Crippen LogP contribution is -2.56. The quantitative estimate of drug-likeness (QED) is 0.309. The van der Waals surface area contributed by atoms with Gasteiger partial charge in [-0.05, 0) is 75.4 Å². The zero-order valence-corrected chi connectivity index (χ0v) is 25.0. The summed E-state index contributed by atoms with van der Waals surface area (Å²) in [6.07, 6.45) is 6.73. The maximum atomic E-state index is 13.6. The molecule has 5 heterocycles. The Labute approximate surface area is 251 Å². The van der Waals surface area contributed by atoms with Gasteiger partial charge in [0.15, 0.2) is 10.1 Å². The molecule has 0 unspecified atom stereocenters. The van der Waals surface area contributed by atoms with E-state index >= 15 is 0 Å². The van der Waals surface area contributed by atoms with Crippen LogP contribution in [0.5, 0.6) is 0 Å². The van der Waals surface area contributed by atoms with Gasteiger partial charge in [0.05, 0.1) is 18.3 Å². The SMILES string of the molecule is CCc1nc2sc(C3CCN(CC(=O)N4CC(O)C4)CC3)cn2c1N(c1nc(-c2ccc(F)cc2)c(C#N)s1)C1CC1. The Morgan fingerprint density at radius 3 is 2.52 bits per heavy atom. The van der Waals surface area contributed by atoms with Gasteiger partial charge < -0.3 is 10.0 Å². The summed E-state index contributed by atoms with van der Waals surface area (Å²) in [6.45, 7) is 5.19. The number of halogens is 1. The van der Waals surface area contributed by atoms with E-state index < -0.39 is 0 Å². The Kier molecular flexibility index (Phi) is 7.22. The number of hydrogen-bond donors (Lipinski definition) is 1. The van der Waals surface area contributed by atoms with Crippen LogP contribution in [0.1, 0.15) is 54.0 Å². The van der Waals surface area contributed by atoms with Crippen LogP contribution in [0.2, 0.25) is 0 Å². The number of aryl methyl sites for hydroxylation is 1. The number of aliphatic hydroxyl groups is 1. The fraction of sp³-hybridized carbons (Fsp3) is 0.467. The molecule has 2 aliphatic heterocycles. The van der Waals surface area contributed by atoms with E-state index in [1.165, 1.54) is 28.3 Å². The fourth-order valence-electron chi connectivity index (χ4n) is 5.95. The molecule has 1 aromatic carbocycles. The zero-order chi connectivity index (χ0) is 29.0. The van der Waals surface area contributed by atoms with E-state index in [-0.39, 0.29) is 17.8 Å². The number of nitrogens with zero attached hydrogens (tertiary/aromatic N) is 7. The van der Waals surface area contributed by atoms with Crippen molar-refractivity contribution in [2.75, 3.05) is 37.6 Å². The highest BCUT2D eigenvalue weighted by Gasteiger charge is 2.37. The van der Waals surface area contributed by atoms with Gasteiger partial charge in [-0.3, -0.25) is 19.0 Å². The smallest absolute Gasteiger partial charge is 0.236 e. The molecule has 9 nitrogen and oxygen atoms in total. The highest BCUT2D eigenvalue weighted by atomic mass is 32.1. The first-order valence-corrected chi connectivity index (χ1v) is 16.2. The molecule has 2 saturated heterocycles. The third-order valence-electron chi connectivity index (χ3n) is 8.47. The first-order valence-electron chi connectivity index (χ1n) is 14.6. The lowest BCUT2D eigenvalue weighted by molar-refractivity contribution is -0.142. The van der Waals surface area contributed by atoms with Gasteiger partial charge in [0, 0.05) is 35.8 Å². The van der Waals surface area contributed by atoms with E-state index in [4.69, 9.17) is 9.97 Å². The van der Waals surface area contributed by atoms with Crippen molar-refractivity contribution in [2.24, 2.45) is 0 Å². The summed E-state index contributed by atoms with van der Waals surface area (Å²) in [5.74, 6) is 1.23. The summed E-state index contributed by atoms with van der Waals surface area (Å²) in [5, 5.41) is 20.2. The molecule has 7 rings (SSSR count). The van der Waals surface area contributed by atoms with E-state index in [2.05, 4.69) is 33.4 Å². The van der Waals surface area contributed by atoms with Crippen LogP contribution in [0.4, 0.5) is 15.3 Å². The number of fused-ring (bicyclic) bond motifs is 1. The van der Waals surface area contributed by atoms with Gasteiger partial charge >= 0.3 is 0 Å². The number of carbonyl (C=O) groups is 1. The molecule has 0 atom stereocenters. The number of carbonyl (C=O) groups excluding carboxylic acids is 1. The Hall–Kier alpha value is -3.37. The van der Waals surface area contributed by atoms with Crippen LogP contribution in [0, 0.1) is 17.1 Å². The maximum absolute atomic E-state index is 13.6. The van der Waals surface area contributed by atoms with Gasteiger partial charge in [-0.25, -0.2) is 14.4 Å². The van der Waals surface area contributed by atoms with Crippen LogP contribution >= 0.6 is 22.7 Å². The van der Waals surface area contributed by atoms with E-state index in [9.17, 15) is 19.6 Å². The lowest BCUT2D eigenvalue weighted by atomic mass is 9.95. The summed E-state index contributed by atoms with van der Waals surface area (Å²) in [6, 6.07) is 8.75. The third-order valence-corrected chi connectivity index (χ3v) is 10.6. The molecule has 1 saturated carbocycles. The predicted octanol–water partition coefficient (Wildman–Crippen LogP) is 4.78. The molecular weight excluding hydrogens is 574 g/mol. The topological polar surface area (TPSA) is 101 Å². The minimum Gasteiger partial charge on any atom is -0.389 e. The van der Waals surface area contributed by atoms with E-state index in [1.807, 2.05) is 0 Å². The molecule has 3 aromatic heterocycles. The van der Waals surface area contributed by atoms with Gasteiger partial charge in [0.25, 0.3) is 0 Å². The Bertz CT molecular complexity index is 1650. The second-order valence-corrected chi connectivity index (χ2v) is 13.4. The van der Waals surface area contributed by atoms with Gasteiger partial charge in [0.2, 0.25) is 5.91 Å². The number of piperidine rings is 1. The number of nitriles is 1. The summed E-state index contributed by atoms with van der Waals surface area (Å²) >= 11 is 3.12. The van der Waals surface area contributed by atoms with E-state index in [0.29, 0.717) is 42.2 Å². The van der Waals surface area contributed by atoms with Crippen molar-refractivity contribution < 1.29 is 14.3 Å². The van der Waals surface area contributed by atoms with Crippen molar-refractivity contribution >= 4 is 44.5 Å². The Balaban J connectivity index is 1.15. The first kappa shape index (κ1) is 27.5. The van der Waals surface area contributed by atoms with Crippen LogP contribution < -0.4 is 4.90 Å². The molecule has 0 bridgehead atoms. The molecule has 3 aliphatic rings. The number of hydrogen-bond acceptors (Lipinski definition) is 9. The molecule has 0 spiro atoms. The van der Waals surface area contributed by atoms with Crippen molar-refractivity contribution in [2.45, 2.75) is 57.1 Å². The molecule has 42 heavy (non-hydrogen) atoms. The van der Waals surface area contributed by atoms with Crippen molar-refractivity contribution in [1.82, 2.24) is 24.2 Å². The minimum absolute atomic E-state index is 0.106. The zero-order valence-electron chi connectivity index (χ0n) is 23.4. The van der Waals surface area contributed by atoms with Crippen molar-refractivity contribution in [3.63, 3.8) is 0 Å². The van der Waals surface area contributed by atoms with Crippen LogP contribution in [0.3, 0.4) is 0 Å². The van der Waals surface area contributed by atoms with Gasteiger partial charge in [-0.2, -0.15) is 5.26 Å². The first-order chi connectivity index (χ1) is 20.4. The average Bonchev–Trinajstić information content (AvgIpc) is 3.44. The van der Waals surface area contributed by atoms with Crippen molar-refractivity contribution in [3.8, 4) is 17.3 Å². The van der Waals surface area contributed by atoms with E-state index in [0.717, 1.165) is 72.4 Å². The van der Waals surface area contributed by atoms with Gasteiger partial charge in [0.1, 0.15) is 28.3 Å². The normalized spacial score (nSPS) is 18.4. The standard InChI is InChI=1S/C30H32FN7O2S2/c1-2-23-28(38(21-7-8-21)30-34-27(24(13-32)41-30)19-3-5-20(31)6-4-19)37-16-25(42-29(37)33-23)18-9-11-35(12-10-18)17-26(40)36-14-22(39)15-36/h3-6,16,18,21-22,39H,2,7-12,14-15,17H2,1H3. The maximum Gasteiger partial charge on any atom is 0.236 e. The fourth-order valence-corrected chi connectivity index (χ4v) is 8.07. The number of anilines is 2. The summed E-state index contributed by atoms with van der Waals surface area (Å²) < 4.78 is 15.8. The predicted molar refractivity (Wildman–Crippen MR) is 161 cm³/mol. The second kappa shape index (κ2) is 11.0. The Morgan fingerprint density at radius 1 is 1.14 bits per heavy atom. The van der Waals surface area contributed by atoms with Crippen LogP contribution in [-0.2, 0) is 11.2 Å². The average molecular weight is 606 g/mol. The number of amides is 1. The molecule has 1 aliphatic carbocycles. The molecule has 12 heteroatoms. The highest BCUT2D eigenvalue weighted by molar-refractivity contribution is 7.17. The number of imidazole rings is 1. The third kappa shape index (κ3) is 5.08. The van der Waals surface area contributed by atoms with Crippen LogP contribution in [0.15, 0.2) is 30.5 Å². The lowest BCUT2D eigenvalue weighted by Gasteiger charge is -2.38. The number of benzene rings is 1. The largest absolute Gasteiger partial charge is 0.389 e. The molecule has 4 aromatic rings. The number of likely N-dealkylation sites (tertiary alicyclic amines) is 2. The molecule has 0 radical (unpaired) electrons. The summed E-state index contributed by atoms with van der Waals surface area (Å²) in [4.78, 5) is 31.5. The van der Waals surface area contributed by atoms with E-state index in [1.54, 1.807) is 28.4 Å². The number of rotatable bonds is 8. The number of thiazole rings is 2. The number of β-amino-alcohol motifs (C(OH)–C–C–N with tert-alkyl or cyclic N) is 1. The second-order valence-electron chi connectivity index (χ2n) is 11.4. The van der Waals surface area contributed by atoms with Crippen LogP contribution in [0.25, 0.3) is 16.2 Å².